The standard InChI is InChI=1S/C64H71FN10O14/c1-5-64(87)44-29-49-59-42(34-75(49)61(84)43(44)36-88-62(64)85)58-48(23-22-41-37(2)45(65)30-46(71-59)57(41)58)73(4)54(80)17-11-13-26-72(3)63(86)89-35-39-18-20-40(21-19-39)69-52(78)33-68-60(83)47(28-38-14-8-6-9-15-38)70-53(79)32-67-51(77)31-66-50(76)16-10-7-12-27-74-55(81)24-25-56(74)82/h6,8-9,14-15,18-21,24-25,29-30,47-48,87H,5,7,10-13,16-17,22-23,26-28,31-36H2,1-4H3,(H,66,76)(H,67,77)(H,68,83)(H,69,78)(H,70,79)/t47-,48-,64-/m0/s1. The van der Waals surface area contributed by atoms with Gasteiger partial charge in [0.15, 0.2) is 5.60 Å². The molecule has 3 atom stereocenters. The number of unbranched alkanes of at least 4 members (excludes halogenated alkanes) is 3. The quantitative estimate of drug-likeness (QED) is 0.0255. The number of hydrogen-bond acceptors (Lipinski definition) is 15. The molecule has 4 aliphatic rings. The summed E-state index contributed by atoms with van der Waals surface area (Å²) in [5.74, 6) is -5.11. The predicted molar refractivity (Wildman–Crippen MR) is 320 cm³/mol. The molecule has 3 aromatic carbocycles. The second-order valence-corrected chi connectivity index (χ2v) is 22.6. The van der Waals surface area contributed by atoms with Gasteiger partial charge in [-0.05, 0) is 97.9 Å². The molecule has 5 heterocycles. The number of amides is 9. The van der Waals surface area contributed by atoms with Crippen LogP contribution in [0, 0.1) is 12.7 Å². The number of carbonyl (C=O) groups is 10. The molecule has 2 aromatic heterocycles. The van der Waals surface area contributed by atoms with Crippen molar-refractivity contribution in [2.75, 3.05) is 52.1 Å². The van der Waals surface area contributed by atoms with Crippen molar-refractivity contribution in [1.82, 2.24) is 45.5 Å². The van der Waals surface area contributed by atoms with Crippen molar-refractivity contribution >= 4 is 75.9 Å². The number of aliphatic hydroxyl groups is 1. The van der Waals surface area contributed by atoms with Crippen LogP contribution >= 0.6 is 0 Å². The normalized spacial score (nSPS) is 16.4. The van der Waals surface area contributed by atoms with Crippen LogP contribution in [0.15, 0.2) is 83.7 Å². The van der Waals surface area contributed by atoms with E-state index in [2.05, 4.69) is 26.6 Å². The summed E-state index contributed by atoms with van der Waals surface area (Å²) >= 11 is 0. The van der Waals surface area contributed by atoms with Crippen LogP contribution < -0.4 is 32.1 Å². The summed E-state index contributed by atoms with van der Waals surface area (Å²) < 4.78 is 27.8. The minimum atomic E-state index is -2.03. The highest BCUT2D eigenvalue weighted by molar-refractivity contribution is 6.12. The maximum Gasteiger partial charge on any atom is 0.409 e. The van der Waals surface area contributed by atoms with Gasteiger partial charge < -0.3 is 55.5 Å². The topological polar surface area (TPSA) is 314 Å². The Morgan fingerprint density at radius 3 is 2.24 bits per heavy atom. The van der Waals surface area contributed by atoms with Crippen LogP contribution in [-0.4, -0.2) is 142 Å². The van der Waals surface area contributed by atoms with Gasteiger partial charge in [-0.15, -0.1) is 0 Å². The van der Waals surface area contributed by atoms with Crippen molar-refractivity contribution < 1.29 is 66.9 Å². The van der Waals surface area contributed by atoms with Crippen LogP contribution in [0.1, 0.15) is 115 Å². The Bertz CT molecular complexity index is 3720. The first-order chi connectivity index (χ1) is 42.6. The highest BCUT2D eigenvalue weighted by atomic mass is 19.1. The van der Waals surface area contributed by atoms with E-state index >= 15 is 4.39 Å². The number of halogens is 1. The zero-order chi connectivity index (χ0) is 63.7. The van der Waals surface area contributed by atoms with Crippen LogP contribution in [0.4, 0.5) is 14.9 Å². The summed E-state index contributed by atoms with van der Waals surface area (Å²) in [6.07, 6.45) is 5.60. The van der Waals surface area contributed by atoms with E-state index in [-0.39, 0.29) is 87.4 Å². The van der Waals surface area contributed by atoms with E-state index in [0.717, 1.165) is 21.4 Å². The summed E-state index contributed by atoms with van der Waals surface area (Å²) in [5, 5.41) is 24.9. The molecule has 9 rings (SSSR count). The summed E-state index contributed by atoms with van der Waals surface area (Å²) in [6.45, 7) is 2.28. The molecule has 6 N–H and O–H groups in total. The van der Waals surface area contributed by atoms with E-state index in [1.807, 2.05) is 0 Å². The van der Waals surface area contributed by atoms with Gasteiger partial charge in [0.1, 0.15) is 25.1 Å². The molecule has 0 saturated carbocycles. The monoisotopic (exact) mass is 1220 g/mol. The molecule has 25 heteroatoms. The lowest BCUT2D eigenvalue weighted by molar-refractivity contribution is -0.172. The third-order valence-corrected chi connectivity index (χ3v) is 16.7. The number of cyclic esters (lactones) is 1. The largest absolute Gasteiger partial charge is 0.458 e. The number of ether oxygens (including phenoxy) is 2. The molecule has 0 spiro atoms. The number of pyridine rings is 2. The van der Waals surface area contributed by atoms with E-state index in [1.165, 1.54) is 27.7 Å². The number of benzene rings is 3. The molecule has 0 saturated heterocycles. The van der Waals surface area contributed by atoms with E-state index in [9.17, 15) is 57.8 Å². The lowest BCUT2D eigenvalue weighted by Crippen LogP contribution is -2.52. The van der Waals surface area contributed by atoms with E-state index in [4.69, 9.17) is 14.5 Å². The Kier molecular flexibility index (Phi) is 20.1. The first-order valence-corrected chi connectivity index (χ1v) is 29.7. The first kappa shape index (κ1) is 63.8. The zero-order valence-corrected chi connectivity index (χ0v) is 50.0. The number of imide groups is 1. The first-order valence-electron chi connectivity index (χ1n) is 29.7. The van der Waals surface area contributed by atoms with Crippen molar-refractivity contribution in [1.29, 1.82) is 0 Å². The summed E-state index contributed by atoms with van der Waals surface area (Å²) in [7, 11) is 3.32. The second kappa shape index (κ2) is 28.0. The fourth-order valence-corrected chi connectivity index (χ4v) is 11.6. The third-order valence-electron chi connectivity index (χ3n) is 16.7. The van der Waals surface area contributed by atoms with Gasteiger partial charge in [0, 0.05) is 86.9 Å². The van der Waals surface area contributed by atoms with Gasteiger partial charge in [-0.2, -0.15) is 0 Å². The molecular weight excluding hydrogens is 1150 g/mol. The van der Waals surface area contributed by atoms with E-state index < -0.39 is 90.3 Å². The molecule has 5 aromatic rings. The second-order valence-electron chi connectivity index (χ2n) is 22.6. The molecule has 0 bridgehead atoms. The van der Waals surface area contributed by atoms with Crippen LogP contribution in [0.25, 0.3) is 22.3 Å². The number of carbonyl (C=O) groups excluding carboxylic acids is 10. The number of hydrogen-bond donors (Lipinski definition) is 6. The van der Waals surface area contributed by atoms with Crippen molar-refractivity contribution in [3.63, 3.8) is 0 Å². The van der Waals surface area contributed by atoms with Gasteiger partial charge in [-0.1, -0.05) is 55.8 Å². The van der Waals surface area contributed by atoms with E-state index in [0.29, 0.717) is 89.8 Å². The number of nitrogens with one attached hydrogen (secondary N) is 5. The van der Waals surface area contributed by atoms with Gasteiger partial charge in [0.25, 0.3) is 17.4 Å². The number of aromatic nitrogens is 2. The number of aryl methyl sites for hydroxylation is 1. The summed E-state index contributed by atoms with van der Waals surface area (Å²) in [4.78, 5) is 150. The van der Waals surface area contributed by atoms with Crippen LogP contribution in [-0.2, 0) is 90.8 Å². The Balaban J connectivity index is 0.696. The third kappa shape index (κ3) is 14.5. The van der Waals surface area contributed by atoms with Crippen molar-refractivity contribution in [2.45, 2.75) is 122 Å². The zero-order valence-electron chi connectivity index (χ0n) is 50.0. The molecule has 24 nitrogen and oxygen atoms in total. The van der Waals surface area contributed by atoms with Gasteiger partial charge in [-0.25, -0.2) is 19.0 Å². The number of fused-ring (bicyclic) bond motifs is 5. The Morgan fingerprint density at radius 1 is 0.809 bits per heavy atom. The SMILES string of the molecule is CC[C@@]1(O)C(=O)OCc2c1cc1n(c2=O)Cc2c-1nc1cc(F)c(C)c3c1c2[C@@H](N(C)C(=O)CCCCN(C)C(=O)OCc1ccc(NC(=O)CNC(=O)[C@H](Cc2ccccc2)NC(=O)CNC(=O)CNC(=O)CCCCCN2C(=O)C=CC2=O)cc1)CC3. The molecule has 0 radical (unpaired) electrons. The molecule has 0 unspecified atom stereocenters. The molecule has 9 amide bonds. The fraction of sp³-hybridized carbons (Fsp3) is 0.406. The molecule has 89 heavy (non-hydrogen) atoms. The maximum atomic E-state index is 15.5. The lowest BCUT2D eigenvalue weighted by atomic mass is 9.81. The summed E-state index contributed by atoms with van der Waals surface area (Å²) in [6, 6.07) is 16.8. The van der Waals surface area contributed by atoms with Crippen LogP contribution in [0.5, 0.6) is 0 Å². The van der Waals surface area contributed by atoms with Gasteiger partial charge in [0.2, 0.25) is 35.4 Å². The molecule has 468 valence electrons. The maximum absolute atomic E-state index is 15.5. The Morgan fingerprint density at radius 2 is 1.51 bits per heavy atom. The minimum Gasteiger partial charge on any atom is -0.458 e. The summed E-state index contributed by atoms with van der Waals surface area (Å²) in [5.41, 5.74) is 3.55. The number of esters is 1. The fourth-order valence-electron chi connectivity index (χ4n) is 11.6. The molecular formula is C64H71FN10O14. The van der Waals surface area contributed by atoms with E-state index in [1.54, 1.807) is 93.5 Å². The molecule has 3 aliphatic heterocycles. The number of nitrogens with zero attached hydrogens (tertiary/aromatic N) is 5. The molecule has 1 aliphatic carbocycles. The Labute approximate surface area is 511 Å². The minimum absolute atomic E-state index is 0.0269. The lowest BCUT2D eigenvalue weighted by Gasteiger charge is -2.35. The average Bonchev–Trinajstić information content (AvgIpc) is 1.65. The van der Waals surface area contributed by atoms with Gasteiger partial charge >= 0.3 is 12.1 Å². The predicted octanol–water partition coefficient (Wildman–Crippen LogP) is 3.91. The van der Waals surface area contributed by atoms with Crippen molar-refractivity contribution in [3.8, 4) is 11.4 Å². The van der Waals surface area contributed by atoms with Crippen LogP contribution in [0.2, 0.25) is 0 Å². The van der Waals surface area contributed by atoms with Crippen molar-refractivity contribution in [3.05, 3.63) is 140 Å². The average molecular weight is 1220 g/mol. The van der Waals surface area contributed by atoms with Gasteiger partial charge in [-0.3, -0.25) is 48.1 Å². The van der Waals surface area contributed by atoms with Gasteiger partial charge in [0.05, 0.1) is 54.7 Å². The number of rotatable bonds is 26. The number of anilines is 1. The van der Waals surface area contributed by atoms with Crippen LogP contribution in [0.3, 0.4) is 0 Å². The highest BCUT2D eigenvalue weighted by Crippen LogP contribution is 2.47. The Hall–Kier alpha value is -9.65. The highest BCUT2D eigenvalue weighted by Gasteiger charge is 2.46. The smallest absolute Gasteiger partial charge is 0.409 e. The van der Waals surface area contributed by atoms with Crippen molar-refractivity contribution in [2.24, 2.45) is 0 Å². The molecule has 0 fully saturated rings.